The minimum atomic E-state index is 0.319. The number of rotatable bonds is 4. The number of hydrogen-bond donors (Lipinski definition) is 1. The Labute approximate surface area is 95.8 Å². The van der Waals surface area contributed by atoms with Crippen LogP contribution in [0.5, 0.6) is 0 Å². The molecule has 1 aromatic heterocycles. The molecule has 16 heavy (non-hydrogen) atoms. The minimum Gasteiger partial charge on any atom is -0.381 e. The average Bonchev–Trinajstić information content (AvgIpc) is 2.38. The van der Waals surface area contributed by atoms with Gasteiger partial charge in [0, 0.05) is 31.5 Å². The summed E-state index contributed by atoms with van der Waals surface area (Å²) in [5, 5.41) is 0. The molecule has 0 aromatic carbocycles. The Morgan fingerprint density at radius 2 is 2.25 bits per heavy atom. The van der Waals surface area contributed by atoms with Crippen molar-refractivity contribution in [1.82, 2.24) is 4.98 Å². The summed E-state index contributed by atoms with van der Waals surface area (Å²) in [4.78, 5) is 4.23. The quantitative estimate of drug-likeness (QED) is 0.832. The second-order valence-electron chi connectivity index (χ2n) is 3.94. The molecule has 1 aliphatic heterocycles. The molecule has 88 valence electrons. The van der Waals surface area contributed by atoms with Crippen LogP contribution in [0.15, 0.2) is 18.3 Å². The third-order valence-electron chi connectivity index (χ3n) is 2.82. The third kappa shape index (κ3) is 3.01. The first-order chi connectivity index (χ1) is 7.90. The maximum Gasteiger partial charge on any atom is 0.0738 e. The van der Waals surface area contributed by atoms with Crippen LogP contribution in [0.1, 0.15) is 24.1 Å². The summed E-state index contributed by atoms with van der Waals surface area (Å²) in [6.07, 6.45) is 4.05. The molecule has 0 aliphatic carbocycles. The van der Waals surface area contributed by atoms with Crippen LogP contribution in [-0.4, -0.2) is 24.3 Å². The van der Waals surface area contributed by atoms with Gasteiger partial charge in [0.15, 0.2) is 0 Å². The molecular weight excluding hydrogens is 204 g/mol. The van der Waals surface area contributed by atoms with Gasteiger partial charge < -0.3 is 15.2 Å². The molecule has 0 spiro atoms. The molecule has 4 heteroatoms. The lowest BCUT2D eigenvalue weighted by atomic mass is 10.1. The summed E-state index contributed by atoms with van der Waals surface area (Å²) in [5.41, 5.74) is 7.64. The zero-order valence-corrected chi connectivity index (χ0v) is 9.39. The summed E-state index contributed by atoms with van der Waals surface area (Å²) in [6.45, 7) is 2.68. The van der Waals surface area contributed by atoms with E-state index in [0.29, 0.717) is 19.3 Å². The summed E-state index contributed by atoms with van der Waals surface area (Å²) < 4.78 is 11.1. The highest BCUT2D eigenvalue weighted by Crippen LogP contribution is 2.14. The summed E-state index contributed by atoms with van der Waals surface area (Å²) in [5.74, 6) is 0. The maximum absolute atomic E-state index is 5.84. The molecule has 2 heterocycles. The first kappa shape index (κ1) is 11.5. The molecule has 0 bridgehead atoms. The van der Waals surface area contributed by atoms with E-state index in [-0.39, 0.29) is 0 Å². The molecule has 2 N–H and O–H groups in total. The molecule has 1 aliphatic rings. The third-order valence-corrected chi connectivity index (χ3v) is 2.82. The Kier molecular flexibility index (Phi) is 4.27. The van der Waals surface area contributed by atoms with E-state index in [1.165, 1.54) is 0 Å². The SMILES string of the molecule is NCc1ncccc1COC1CCOCC1. The van der Waals surface area contributed by atoms with Crippen molar-refractivity contribution in [2.75, 3.05) is 13.2 Å². The van der Waals surface area contributed by atoms with E-state index in [9.17, 15) is 0 Å². The van der Waals surface area contributed by atoms with Gasteiger partial charge >= 0.3 is 0 Å². The van der Waals surface area contributed by atoms with E-state index < -0.39 is 0 Å². The van der Waals surface area contributed by atoms with Crippen molar-refractivity contribution in [2.45, 2.75) is 32.1 Å². The Morgan fingerprint density at radius 3 is 3.00 bits per heavy atom. The van der Waals surface area contributed by atoms with Crippen LogP contribution in [0.3, 0.4) is 0 Å². The van der Waals surface area contributed by atoms with Crippen molar-refractivity contribution < 1.29 is 9.47 Å². The van der Waals surface area contributed by atoms with Crippen molar-refractivity contribution in [1.29, 1.82) is 0 Å². The van der Waals surface area contributed by atoms with Crippen LogP contribution < -0.4 is 5.73 Å². The molecule has 0 radical (unpaired) electrons. The lowest BCUT2D eigenvalue weighted by Gasteiger charge is -2.22. The number of pyridine rings is 1. The van der Waals surface area contributed by atoms with Crippen molar-refractivity contribution in [3.8, 4) is 0 Å². The molecular formula is C12H18N2O2. The van der Waals surface area contributed by atoms with Gasteiger partial charge in [-0.25, -0.2) is 0 Å². The van der Waals surface area contributed by atoms with Gasteiger partial charge in [-0.05, 0) is 18.9 Å². The Hall–Kier alpha value is -0.970. The van der Waals surface area contributed by atoms with Crippen molar-refractivity contribution in [3.63, 3.8) is 0 Å². The van der Waals surface area contributed by atoms with E-state index >= 15 is 0 Å². The van der Waals surface area contributed by atoms with Crippen LogP contribution in [0.2, 0.25) is 0 Å². The highest BCUT2D eigenvalue weighted by Gasteiger charge is 2.14. The fourth-order valence-electron chi connectivity index (χ4n) is 1.84. The van der Waals surface area contributed by atoms with E-state index in [2.05, 4.69) is 4.98 Å². The second-order valence-corrected chi connectivity index (χ2v) is 3.94. The van der Waals surface area contributed by atoms with Gasteiger partial charge in [0.2, 0.25) is 0 Å². The van der Waals surface area contributed by atoms with Crippen LogP contribution in [-0.2, 0) is 22.6 Å². The van der Waals surface area contributed by atoms with Crippen LogP contribution in [0.4, 0.5) is 0 Å². The molecule has 1 saturated heterocycles. The first-order valence-electron chi connectivity index (χ1n) is 5.72. The zero-order valence-electron chi connectivity index (χ0n) is 9.39. The van der Waals surface area contributed by atoms with Gasteiger partial charge in [-0.15, -0.1) is 0 Å². The maximum atomic E-state index is 5.84. The average molecular weight is 222 g/mol. The lowest BCUT2D eigenvalue weighted by Crippen LogP contribution is -2.23. The second kappa shape index (κ2) is 5.94. The van der Waals surface area contributed by atoms with Gasteiger partial charge in [0.1, 0.15) is 0 Å². The van der Waals surface area contributed by atoms with Crippen LogP contribution >= 0.6 is 0 Å². The number of nitrogens with two attached hydrogens (primary N) is 1. The smallest absolute Gasteiger partial charge is 0.0738 e. The van der Waals surface area contributed by atoms with E-state index in [4.69, 9.17) is 15.2 Å². The molecule has 0 amide bonds. The van der Waals surface area contributed by atoms with Gasteiger partial charge in [-0.2, -0.15) is 0 Å². The van der Waals surface area contributed by atoms with E-state index in [1.807, 2.05) is 12.1 Å². The highest BCUT2D eigenvalue weighted by molar-refractivity contribution is 5.18. The minimum absolute atomic E-state index is 0.319. The molecule has 1 fully saturated rings. The van der Waals surface area contributed by atoms with Gasteiger partial charge in [-0.3, -0.25) is 4.98 Å². The number of nitrogens with zero attached hydrogens (tertiary/aromatic N) is 1. The van der Waals surface area contributed by atoms with E-state index in [1.54, 1.807) is 6.20 Å². The van der Waals surface area contributed by atoms with Gasteiger partial charge in [-0.1, -0.05) is 6.07 Å². The van der Waals surface area contributed by atoms with Gasteiger partial charge in [0.05, 0.1) is 18.4 Å². The summed E-state index contributed by atoms with van der Waals surface area (Å²) in [7, 11) is 0. The Morgan fingerprint density at radius 1 is 1.44 bits per heavy atom. The largest absolute Gasteiger partial charge is 0.381 e. The van der Waals surface area contributed by atoms with Crippen molar-refractivity contribution in [2.24, 2.45) is 5.73 Å². The molecule has 0 saturated carbocycles. The first-order valence-corrected chi connectivity index (χ1v) is 5.72. The fraction of sp³-hybridized carbons (Fsp3) is 0.583. The predicted molar refractivity (Wildman–Crippen MR) is 60.8 cm³/mol. The molecule has 0 unspecified atom stereocenters. The molecule has 2 rings (SSSR count). The van der Waals surface area contributed by atoms with E-state index in [0.717, 1.165) is 37.3 Å². The van der Waals surface area contributed by atoms with Crippen LogP contribution in [0, 0.1) is 0 Å². The predicted octanol–water partition coefficient (Wildman–Crippen LogP) is 1.24. The number of hydrogen-bond acceptors (Lipinski definition) is 4. The monoisotopic (exact) mass is 222 g/mol. The van der Waals surface area contributed by atoms with Crippen molar-refractivity contribution in [3.05, 3.63) is 29.6 Å². The highest BCUT2D eigenvalue weighted by atomic mass is 16.5. The Bertz CT molecular complexity index is 325. The topological polar surface area (TPSA) is 57.4 Å². The summed E-state index contributed by atoms with van der Waals surface area (Å²) in [6, 6.07) is 3.94. The summed E-state index contributed by atoms with van der Waals surface area (Å²) >= 11 is 0. The molecule has 0 atom stereocenters. The fourth-order valence-corrected chi connectivity index (χ4v) is 1.84. The van der Waals surface area contributed by atoms with Crippen molar-refractivity contribution >= 4 is 0 Å². The van der Waals surface area contributed by atoms with Crippen LogP contribution in [0.25, 0.3) is 0 Å². The van der Waals surface area contributed by atoms with Gasteiger partial charge in [0.25, 0.3) is 0 Å². The zero-order chi connectivity index (χ0) is 11.2. The number of ether oxygens (including phenoxy) is 2. The lowest BCUT2D eigenvalue weighted by molar-refractivity contribution is -0.0393. The Balaban J connectivity index is 1.88. The number of aromatic nitrogens is 1. The molecule has 1 aromatic rings. The standard InChI is InChI=1S/C12H18N2O2/c13-8-12-10(2-1-5-14-12)9-16-11-3-6-15-7-4-11/h1-2,5,11H,3-4,6-9,13H2. The normalized spacial score (nSPS) is 17.6. The molecule has 4 nitrogen and oxygen atoms in total.